The van der Waals surface area contributed by atoms with Crippen LogP contribution >= 0.6 is 0 Å². The highest BCUT2D eigenvalue weighted by atomic mass is 16.6. The summed E-state index contributed by atoms with van der Waals surface area (Å²) in [6, 6.07) is 9.21. The number of hydrogen-bond acceptors (Lipinski definition) is 4. The molecular weight excluding hydrogens is 234 g/mol. The second kappa shape index (κ2) is 5.05. The Balaban J connectivity index is 2.31. The second-order valence-corrected chi connectivity index (χ2v) is 3.50. The molecule has 0 saturated heterocycles. The zero-order chi connectivity index (χ0) is 13.0. The Morgan fingerprint density at radius 3 is 2.67 bits per heavy atom. The van der Waals surface area contributed by atoms with Gasteiger partial charge in [0.2, 0.25) is 12.4 Å². The van der Waals surface area contributed by atoms with Crippen LogP contribution in [0.2, 0.25) is 0 Å². The molecule has 2 aromatic rings. The fraction of sp³-hybridized carbons (Fsp3) is 0. The predicted octanol–water partition coefficient (Wildman–Crippen LogP) is 1.47. The van der Waals surface area contributed by atoms with Gasteiger partial charge in [-0.15, -0.1) is 0 Å². The molecule has 0 aliphatic rings. The van der Waals surface area contributed by atoms with Gasteiger partial charge < -0.3 is 5.11 Å². The average molecular weight is 244 g/mol. The van der Waals surface area contributed by atoms with E-state index in [-0.39, 0.29) is 11.4 Å². The van der Waals surface area contributed by atoms with E-state index >= 15 is 0 Å². The van der Waals surface area contributed by atoms with E-state index in [2.05, 4.69) is 5.10 Å². The van der Waals surface area contributed by atoms with Crippen molar-refractivity contribution in [1.29, 1.82) is 0 Å². The molecule has 6 nitrogen and oxygen atoms in total. The number of hydrogen-bond donors (Lipinski definition) is 1. The van der Waals surface area contributed by atoms with E-state index in [0.29, 0.717) is 5.56 Å². The summed E-state index contributed by atoms with van der Waals surface area (Å²) < 4.78 is 1.53. The predicted molar refractivity (Wildman–Crippen MR) is 64.4 cm³/mol. The average Bonchev–Trinajstić information content (AvgIpc) is 2.38. The summed E-state index contributed by atoms with van der Waals surface area (Å²) in [5, 5.41) is 24.2. The van der Waals surface area contributed by atoms with Crippen LogP contribution in [-0.2, 0) is 0 Å². The van der Waals surface area contributed by atoms with Crippen LogP contribution in [0.15, 0.2) is 53.9 Å². The van der Waals surface area contributed by atoms with Crippen LogP contribution in [0, 0.1) is 10.1 Å². The Morgan fingerprint density at radius 2 is 2.00 bits per heavy atom. The van der Waals surface area contributed by atoms with Gasteiger partial charge in [-0.2, -0.15) is 0 Å². The third-order valence-corrected chi connectivity index (χ3v) is 2.25. The molecule has 0 spiro atoms. The second-order valence-electron chi connectivity index (χ2n) is 3.50. The quantitative estimate of drug-likeness (QED) is 0.384. The topological polar surface area (TPSA) is 79.6 Å². The van der Waals surface area contributed by atoms with Gasteiger partial charge in [-0.25, -0.2) is 0 Å². The van der Waals surface area contributed by atoms with E-state index in [0.717, 1.165) is 0 Å². The van der Waals surface area contributed by atoms with Crippen LogP contribution < -0.4 is 4.68 Å². The Morgan fingerprint density at radius 1 is 1.28 bits per heavy atom. The number of aromatic hydroxyl groups is 1. The first-order valence-corrected chi connectivity index (χ1v) is 5.15. The van der Waals surface area contributed by atoms with Crippen LogP contribution in [0.25, 0.3) is 0 Å². The van der Waals surface area contributed by atoms with Gasteiger partial charge in [0.1, 0.15) is 12.0 Å². The molecule has 6 heteroatoms. The number of pyridine rings is 1. The molecule has 1 aromatic carbocycles. The van der Waals surface area contributed by atoms with Gasteiger partial charge in [0.15, 0.2) is 0 Å². The van der Waals surface area contributed by atoms with Gasteiger partial charge in [-0.1, -0.05) is 10.7 Å². The van der Waals surface area contributed by atoms with E-state index in [1.807, 2.05) is 6.07 Å². The van der Waals surface area contributed by atoms with Gasteiger partial charge in [0.05, 0.1) is 4.92 Å². The minimum absolute atomic E-state index is 0.0547. The van der Waals surface area contributed by atoms with Gasteiger partial charge in [0, 0.05) is 29.8 Å². The minimum atomic E-state index is -0.521. The third kappa shape index (κ3) is 2.67. The maximum atomic E-state index is 10.6. The lowest BCUT2D eigenvalue weighted by Crippen LogP contribution is -2.25. The van der Waals surface area contributed by atoms with E-state index in [4.69, 9.17) is 0 Å². The highest BCUT2D eigenvalue weighted by molar-refractivity contribution is 5.83. The van der Waals surface area contributed by atoms with Gasteiger partial charge in [0.25, 0.3) is 5.69 Å². The number of nitrogens with zero attached hydrogens (tertiary/aromatic N) is 3. The molecule has 0 aliphatic carbocycles. The van der Waals surface area contributed by atoms with Crippen LogP contribution in [0.1, 0.15) is 5.56 Å². The highest BCUT2D eigenvalue weighted by Crippen LogP contribution is 2.20. The molecule has 0 aliphatic heterocycles. The molecule has 0 radical (unpaired) electrons. The summed E-state index contributed by atoms with van der Waals surface area (Å²) in [7, 11) is 0. The first kappa shape index (κ1) is 11.7. The molecule has 0 bridgehead atoms. The highest BCUT2D eigenvalue weighted by Gasteiger charge is 2.09. The van der Waals surface area contributed by atoms with Crippen molar-refractivity contribution in [1.82, 2.24) is 0 Å². The van der Waals surface area contributed by atoms with Crippen molar-refractivity contribution in [2.24, 2.45) is 5.10 Å². The zero-order valence-electron chi connectivity index (χ0n) is 9.30. The van der Waals surface area contributed by atoms with Crippen molar-refractivity contribution < 1.29 is 14.7 Å². The van der Waals surface area contributed by atoms with Crippen LogP contribution in [-0.4, -0.2) is 16.2 Å². The lowest BCUT2D eigenvalue weighted by molar-refractivity contribution is -0.678. The van der Waals surface area contributed by atoms with Crippen molar-refractivity contribution in [2.45, 2.75) is 0 Å². The van der Waals surface area contributed by atoms with Crippen molar-refractivity contribution in [3.05, 3.63) is 64.5 Å². The van der Waals surface area contributed by atoms with Gasteiger partial charge in [-0.3, -0.25) is 10.1 Å². The molecule has 18 heavy (non-hydrogen) atoms. The first-order valence-electron chi connectivity index (χ1n) is 5.15. The molecule has 1 aromatic heterocycles. The molecule has 0 unspecified atom stereocenters. The maximum Gasteiger partial charge on any atom is 0.270 e. The monoisotopic (exact) mass is 244 g/mol. The Labute approximate surface area is 103 Å². The molecule has 0 amide bonds. The zero-order valence-corrected chi connectivity index (χ0v) is 9.30. The van der Waals surface area contributed by atoms with E-state index in [1.54, 1.807) is 24.5 Å². The standard InChI is InChI=1S/C12H9N3O3/c16-12-5-4-11(15(17)18)8-10(12)9-13-14-6-2-1-3-7-14/h1-9H/p+1. The Bertz CT molecular complexity index is 597. The Kier molecular flexibility index (Phi) is 3.29. The number of aromatic nitrogens is 1. The summed E-state index contributed by atoms with van der Waals surface area (Å²) in [5.74, 6) is -0.0547. The first-order chi connectivity index (χ1) is 8.66. The fourth-order valence-electron chi connectivity index (χ4n) is 1.35. The lowest BCUT2D eigenvalue weighted by atomic mass is 10.2. The molecule has 0 fully saturated rings. The number of rotatable bonds is 3. The van der Waals surface area contributed by atoms with Crippen molar-refractivity contribution >= 4 is 11.9 Å². The number of nitro groups is 1. The smallest absolute Gasteiger partial charge is 0.270 e. The third-order valence-electron chi connectivity index (χ3n) is 2.25. The molecule has 0 saturated carbocycles. The summed E-state index contributed by atoms with van der Waals surface area (Å²) >= 11 is 0. The largest absolute Gasteiger partial charge is 0.507 e. The number of phenols is 1. The van der Waals surface area contributed by atoms with Crippen LogP contribution in [0.5, 0.6) is 5.75 Å². The van der Waals surface area contributed by atoms with Gasteiger partial charge >= 0.3 is 0 Å². The van der Waals surface area contributed by atoms with Gasteiger partial charge in [-0.05, 0) is 11.2 Å². The number of non-ortho nitro benzene ring substituents is 1. The summed E-state index contributed by atoms with van der Waals surface area (Å²) in [5.41, 5.74) is 0.202. The van der Waals surface area contributed by atoms with E-state index in [1.165, 1.54) is 29.1 Å². The fourth-order valence-corrected chi connectivity index (χ4v) is 1.35. The van der Waals surface area contributed by atoms with E-state index in [9.17, 15) is 15.2 Å². The lowest BCUT2D eigenvalue weighted by Gasteiger charge is -1.96. The molecule has 2 rings (SSSR count). The molecule has 90 valence electrons. The Hall–Kier alpha value is -2.76. The molecule has 1 N–H and O–H groups in total. The van der Waals surface area contributed by atoms with Crippen molar-refractivity contribution in [2.75, 3.05) is 0 Å². The molecule has 1 heterocycles. The van der Waals surface area contributed by atoms with Crippen molar-refractivity contribution in [3.63, 3.8) is 0 Å². The minimum Gasteiger partial charge on any atom is -0.507 e. The van der Waals surface area contributed by atoms with Crippen LogP contribution in [0.3, 0.4) is 0 Å². The normalized spacial score (nSPS) is 10.7. The summed E-state index contributed by atoms with van der Waals surface area (Å²) in [4.78, 5) is 10.1. The summed E-state index contributed by atoms with van der Waals surface area (Å²) in [6.45, 7) is 0. The van der Waals surface area contributed by atoms with E-state index < -0.39 is 4.92 Å². The number of nitro benzene ring substituents is 1. The number of benzene rings is 1. The summed E-state index contributed by atoms with van der Waals surface area (Å²) in [6.07, 6.45) is 4.79. The number of phenolic OH excluding ortho intramolecular Hbond substituents is 1. The molecule has 0 atom stereocenters. The maximum absolute atomic E-state index is 10.6. The van der Waals surface area contributed by atoms with Crippen molar-refractivity contribution in [3.8, 4) is 5.75 Å². The SMILES string of the molecule is O=[N+]([O-])c1ccc(O)c(/C=N/[n+]2ccccc2)c1. The van der Waals surface area contributed by atoms with Crippen LogP contribution in [0.4, 0.5) is 5.69 Å². The molecular formula is C12H10N3O3+.